The number of ether oxygens (including phenoxy) is 2. The van der Waals surface area contributed by atoms with E-state index >= 15 is 0 Å². The number of rotatable bonds is 5. The molecule has 2 fully saturated rings. The molecule has 0 aromatic heterocycles. The van der Waals surface area contributed by atoms with Gasteiger partial charge < -0.3 is 19.9 Å². The molecule has 0 spiro atoms. The van der Waals surface area contributed by atoms with Crippen molar-refractivity contribution >= 4 is 11.8 Å². The molecule has 0 radical (unpaired) electrons. The Morgan fingerprint density at radius 3 is 3.00 bits per heavy atom. The molecule has 2 aliphatic rings. The standard InChI is InChI=1S/C15H19FN2O4/c16-13-5-11(18-7-12(8-19)22-15(18)20)1-2-14(13)21-9-10-3-4-17-6-10/h1-2,5,10,12,17,19H,3-4,6-9H2/t10-,12+/m0/s1. The van der Waals surface area contributed by atoms with Crippen LogP contribution >= 0.6 is 0 Å². The summed E-state index contributed by atoms with van der Waals surface area (Å²) in [4.78, 5) is 13.0. The van der Waals surface area contributed by atoms with Crippen molar-refractivity contribution in [1.29, 1.82) is 0 Å². The van der Waals surface area contributed by atoms with Crippen LogP contribution in [0.5, 0.6) is 5.75 Å². The van der Waals surface area contributed by atoms with Gasteiger partial charge in [-0.15, -0.1) is 0 Å². The number of aliphatic hydroxyl groups is 1. The van der Waals surface area contributed by atoms with E-state index in [1.165, 1.54) is 17.0 Å². The summed E-state index contributed by atoms with van der Waals surface area (Å²) in [6.45, 7) is 2.30. The maximum absolute atomic E-state index is 14.1. The number of hydrogen-bond donors (Lipinski definition) is 2. The highest BCUT2D eigenvalue weighted by molar-refractivity contribution is 5.89. The average molecular weight is 310 g/mol. The minimum atomic E-state index is -0.579. The average Bonchev–Trinajstić information content (AvgIpc) is 3.15. The van der Waals surface area contributed by atoms with Crippen molar-refractivity contribution in [1.82, 2.24) is 5.32 Å². The molecule has 22 heavy (non-hydrogen) atoms. The van der Waals surface area contributed by atoms with Gasteiger partial charge in [0.05, 0.1) is 25.4 Å². The Morgan fingerprint density at radius 2 is 2.36 bits per heavy atom. The Balaban J connectivity index is 1.65. The Bertz CT molecular complexity index is 548. The van der Waals surface area contributed by atoms with Crippen LogP contribution in [0.3, 0.4) is 0 Å². The molecule has 2 aliphatic heterocycles. The number of halogens is 1. The molecule has 0 unspecified atom stereocenters. The van der Waals surface area contributed by atoms with E-state index < -0.39 is 18.0 Å². The lowest BCUT2D eigenvalue weighted by Gasteiger charge is -2.15. The molecule has 1 aromatic carbocycles. The molecule has 0 saturated carbocycles. The van der Waals surface area contributed by atoms with E-state index in [1.807, 2.05) is 0 Å². The third-order valence-electron chi connectivity index (χ3n) is 3.94. The second-order valence-corrected chi connectivity index (χ2v) is 5.58. The number of carbonyl (C=O) groups is 1. The van der Waals surface area contributed by atoms with Crippen molar-refractivity contribution < 1.29 is 23.8 Å². The Labute approximate surface area is 127 Å². The van der Waals surface area contributed by atoms with Crippen LogP contribution in [0, 0.1) is 11.7 Å². The van der Waals surface area contributed by atoms with Crippen molar-refractivity contribution in [2.75, 3.05) is 37.7 Å². The minimum absolute atomic E-state index is 0.182. The topological polar surface area (TPSA) is 71.0 Å². The molecular weight excluding hydrogens is 291 g/mol. The Kier molecular flexibility index (Phi) is 4.44. The lowest BCUT2D eigenvalue weighted by atomic mass is 10.1. The Morgan fingerprint density at radius 1 is 1.50 bits per heavy atom. The summed E-state index contributed by atoms with van der Waals surface area (Å²) in [7, 11) is 0. The van der Waals surface area contributed by atoms with E-state index in [4.69, 9.17) is 14.6 Å². The molecule has 1 aromatic rings. The van der Waals surface area contributed by atoms with Gasteiger partial charge in [0.25, 0.3) is 0 Å². The second kappa shape index (κ2) is 6.50. The molecule has 2 saturated heterocycles. The number of nitrogens with zero attached hydrogens (tertiary/aromatic N) is 1. The van der Waals surface area contributed by atoms with E-state index in [9.17, 15) is 9.18 Å². The van der Waals surface area contributed by atoms with Crippen LogP contribution in [0.1, 0.15) is 6.42 Å². The monoisotopic (exact) mass is 310 g/mol. The van der Waals surface area contributed by atoms with Crippen LogP contribution in [0.2, 0.25) is 0 Å². The van der Waals surface area contributed by atoms with Gasteiger partial charge in [0.15, 0.2) is 11.6 Å². The SMILES string of the molecule is O=C1O[C@@H](CO)CN1c1ccc(OC[C@H]2CCNC2)c(F)c1. The summed E-state index contributed by atoms with van der Waals surface area (Å²) in [5.74, 6) is 0.0728. The predicted octanol–water partition coefficient (Wildman–Crippen LogP) is 1.13. The summed E-state index contributed by atoms with van der Waals surface area (Å²) in [5.41, 5.74) is 0.397. The van der Waals surface area contributed by atoms with Crippen LogP contribution in [0.15, 0.2) is 18.2 Å². The number of nitrogens with one attached hydrogen (secondary N) is 1. The second-order valence-electron chi connectivity index (χ2n) is 5.58. The summed E-state index contributed by atoms with van der Waals surface area (Å²) >= 11 is 0. The molecule has 7 heteroatoms. The molecule has 6 nitrogen and oxygen atoms in total. The molecule has 120 valence electrons. The fraction of sp³-hybridized carbons (Fsp3) is 0.533. The first-order valence-electron chi connectivity index (χ1n) is 7.39. The first kappa shape index (κ1) is 15.1. The lowest BCUT2D eigenvalue weighted by molar-refractivity contribution is 0.0963. The summed E-state index contributed by atoms with van der Waals surface area (Å²) < 4.78 is 24.6. The number of benzene rings is 1. The minimum Gasteiger partial charge on any atom is -0.490 e. The fourth-order valence-electron chi connectivity index (χ4n) is 2.67. The molecular formula is C15H19FN2O4. The van der Waals surface area contributed by atoms with E-state index in [-0.39, 0.29) is 18.9 Å². The molecule has 2 atom stereocenters. The third kappa shape index (κ3) is 3.15. The molecule has 0 aliphatic carbocycles. The highest BCUT2D eigenvalue weighted by Gasteiger charge is 2.32. The number of anilines is 1. The lowest BCUT2D eigenvalue weighted by Crippen LogP contribution is -2.25. The molecule has 1 amide bonds. The van der Waals surface area contributed by atoms with Gasteiger partial charge in [0.2, 0.25) is 0 Å². The van der Waals surface area contributed by atoms with E-state index in [0.717, 1.165) is 19.5 Å². The van der Waals surface area contributed by atoms with E-state index in [0.29, 0.717) is 18.2 Å². The normalized spacial score (nSPS) is 24.6. The van der Waals surface area contributed by atoms with Crippen molar-refractivity contribution in [3.05, 3.63) is 24.0 Å². The maximum Gasteiger partial charge on any atom is 0.414 e. The van der Waals surface area contributed by atoms with Crippen LogP contribution in [-0.4, -0.2) is 50.2 Å². The van der Waals surface area contributed by atoms with Crippen LogP contribution in [0.4, 0.5) is 14.9 Å². The molecule has 2 heterocycles. The van der Waals surface area contributed by atoms with Gasteiger partial charge in [-0.1, -0.05) is 0 Å². The fourth-order valence-corrected chi connectivity index (χ4v) is 2.67. The third-order valence-corrected chi connectivity index (χ3v) is 3.94. The highest BCUT2D eigenvalue weighted by Crippen LogP contribution is 2.27. The van der Waals surface area contributed by atoms with Gasteiger partial charge in [-0.2, -0.15) is 0 Å². The van der Waals surface area contributed by atoms with Crippen molar-refractivity contribution in [3.8, 4) is 5.75 Å². The zero-order valence-corrected chi connectivity index (χ0v) is 12.1. The molecule has 0 bridgehead atoms. The number of aliphatic hydroxyl groups excluding tert-OH is 1. The van der Waals surface area contributed by atoms with Gasteiger partial charge >= 0.3 is 6.09 Å². The summed E-state index contributed by atoms with van der Waals surface area (Å²) in [6, 6.07) is 4.39. The quantitative estimate of drug-likeness (QED) is 0.853. The van der Waals surface area contributed by atoms with Gasteiger partial charge in [-0.3, -0.25) is 4.90 Å². The van der Waals surface area contributed by atoms with Crippen molar-refractivity contribution in [3.63, 3.8) is 0 Å². The number of carbonyl (C=O) groups excluding carboxylic acids is 1. The van der Waals surface area contributed by atoms with Crippen molar-refractivity contribution in [2.24, 2.45) is 5.92 Å². The predicted molar refractivity (Wildman–Crippen MR) is 77.6 cm³/mol. The zero-order chi connectivity index (χ0) is 15.5. The van der Waals surface area contributed by atoms with E-state index in [1.54, 1.807) is 6.07 Å². The van der Waals surface area contributed by atoms with E-state index in [2.05, 4.69) is 5.32 Å². The van der Waals surface area contributed by atoms with Crippen molar-refractivity contribution in [2.45, 2.75) is 12.5 Å². The smallest absolute Gasteiger partial charge is 0.414 e. The highest BCUT2D eigenvalue weighted by atomic mass is 19.1. The first-order chi connectivity index (χ1) is 10.7. The molecule has 3 rings (SSSR count). The maximum atomic E-state index is 14.1. The van der Waals surface area contributed by atoms with Gasteiger partial charge in [0, 0.05) is 18.5 Å². The van der Waals surface area contributed by atoms with Crippen LogP contribution in [-0.2, 0) is 4.74 Å². The van der Waals surface area contributed by atoms with Gasteiger partial charge in [-0.25, -0.2) is 9.18 Å². The Hall–Kier alpha value is -1.86. The summed E-state index contributed by atoms with van der Waals surface area (Å²) in [6.07, 6.45) is -0.118. The first-order valence-corrected chi connectivity index (χ1v) is 7.39. The zero-order valence-electron chi connectivity index (χ0n) is 12.1. The van der Waals surface area contributed by atoms with Gasteiger partial charge in [0.1, 0.15) is 6.10 Å². The van der Waals surface area contributed by atoms with Crippen LogP contribution < -0.4 is 15.0 Å². The summed E-state index contributed by atoms with van der Waals surface area (Å²) in [5, 5.41) is 12.2. The number of hydrogen-bond acceptors (Lipinski definition) is 5. The number of cyclic esters (lactones) is 1. The van der Waals surface area contributed by atoms with Crippen LogP contribution in [0.25, 0.3) is 0 Å². The largest absolute Gasteiger partial charge is 0.490 e. The van der Waals surface area contributed by atoms with Gasteiger partial charge in [-0.05, 0) is 25.1 Å². The number of amides is 1. The molecule has 2 N–H and O–H groups in total.